The number of hydrogen-bond acceptors (Lipinski definition) is 3. The third-order valence-corrected chi connectivity index (χ3v) is 2.87. The first-order chi connectivity index (χ1) is 6.25. The predicted molar refractivity (Wildman–Crippen MR) is 53.8 cm³/mol. The fourth-order valence-corrected chi connectivity index (χ4v) is 2.30. The average Bonchev–Trinajstić information content (AvgIpc) is 2.44. The van der Waals surface area contributed by atoms with Gasteiger partial charge in [-0.1, -0.05) is 6.08 Å². The highest BCUT2D eigenvalue weighted by Crippen LogP contribution is 2.28. The van der Waals surface area contributed by atoms with E-state index < -0.39 is 0 Å². The molecule has 2 rings (SSSR count). The first-order valence-corrected chi connectivity index (χ1v) is 5.01. The van der Waals surface area contributed by atoms with E-state index in [1.165, 1.54) is 11.8 Å². The van der Waals surface area contributed by atoms with Gasteiger partial charge in [0.25, 0.3) is 0 Å². The van der Waals surface area contributed by atoms with Gasteiger partial charge in [0.1, 0.15) is 0 Å². The first kappa shape index (κ1) is 8.44. The van der Waals surface area contributed by atoms with Crippen molar-refractivity contribution in [3.05, 3.63) is 16.6 Å². The van der Waals surface area contributed by atoms with Crippen LogP contribution in [0.4, 0.5) is 5.13 Å². The summed E-state index contributed by atoms with van der Waals surface area (Å²) in [6.45, 7) is 1.50. The summed E-state index contributed by atoms with van der Waals surface area (Å²) >= 11 is 1.57. The molecular formula is C9H10N2OS. The van der Waals surface area contributed by atoms with Crippen molar-refractivity contribution in [3.63, 3.8) is 0 Å². The summed E-state index contributed by atoms with van der Waals surface area (Å²) < 4.78 is 0. The number of allylic oxidation sites excluding steroid dienone is 1. The summed E-state index contributed by atoms with van der Waals surface area (Å²) in [5, 5.41) is 3.41. The molecule has 0 saturated carbocycles. The van der Waals surface area contributed by atoms with Crippen molar-refractivity contribution in [3.8, 4) is 0 Å². The van der Waals surface area contributed by atoms with Crippen LogP contribution in [0.3, 0.4) is 0 Å². The second kappa shape index (κ2) is 3.30. The third-order valence-electron chi connectivity index (χ3n) is 1.82. The number of thiazole rings is 1. The minimum absolute atomic E-state index is 0.0601. The quantitative estimate of drug-likeness (QED) is 0.743. The van der Waals surface area contributed by atoms with E-state index in [1.54, 1.807) is 11.3 Å². The van der Waals surface area contributed by atoms with Crippen LogP contribution in [0.2, 0.25) is 0 Å². The van der Waals surface area contributed by atoms with E-state index in [0.717, 1.165) is 18.5 Å². The number of aryl methyl sites for hydroxylation is 1. The number of anilines is 1. The minimum atomic E-state index is -0.0601. The van der Waals surface area contributed by atoms with Crippen LogP contribution in [0, 0.1) is 0 Å². The summed E-state index contributed by atoms with van der Waals surface area (Å²) in [6.07, 6.45) is 6.25. The number of rotatable bonds is 1. The molecule has 1 aliphatic rings. The van der Waals surface area contributed by atoms with Gasteiger partial charge in [0.15, 0.2) is 5.13 Å². The van der Waals surface area contributed by atoms with E-state index in [-0.39, 0.29) is 5.91 Å². The van der Waals surface area contributed by atoms with Crippen LogP contribution in [0.15, 0.2) is 6.08 Å². The van der Waals surface area contributed by atoms with Crippen LogP contribution in [-0.2, 0) is 11.2 Å². The normalized spacial score (nSPS) is 13.9. The SMILES string of the molecule is CC(=O)Nc1nc2c(s1)CCC=C2. The molecule has 0 unspecified atom stereocenters. The summed E-state index contributed by atoms with van der Waals surface area (Å²) in [5.41, 5.74) is 1.01. The van der Waals surface area contributed by atoms with Crippen LogP contribution in [-0.4, -0.2) is 10.9 Å². The molecule has 0 radical (unpaired) electrons. The molecule has 1 heterocycles. The molecule has 1 aromatic rings. The molecule has 0 atom stereocenters. The fourth-order valence-electron chi connectivity index (χ4n) is 1.29. The molecule has 0 aromatic carbocycles. The molecule has 0 aliphatic heterocycles. The van der Waals surface area contributed by atoms with E-state index in [1.807, 2.05) is 6.08 Å². The van der Waals surface area contributed by atoms with Crippen LogP contribution in [0.5, 0.6) is 0 Å². The Bertz CT molecular complexity index is 368. The number of carbonyl (C=O) groups is 1. The smallest absolute Gasteiger partial charge is 0.223 e. The highest BCUT2D eigenvalue weighted by Gasteiger charge is 2.11. The van der Waals surface area contributed by atoms with Crippen molar-refractivity contribution in [2.75, 3.05) is 5.32 Å². The van der Waals surface area contributed by atoms with Gasteiger partial charge in [-0.3, -0.25) is 4.79 Å². The van der Waals surface area contributed by atoms with Gasteiger partial charge >= 0.3 is 0 Å². The highest BCUT2D eigenvalue weighted by molar-refractivity contribution is 7.16. The number of nitrogens with zero attached hydrogens (tertiary/aromatic N) is 1. The molecular weight excluding hydrogens is 184 g/mol. The van der Waals surface area contributed by atoms with Crippen LogP contribution < -0.4 is 5.32 Å². The van der Waals surface area contributed by atoms with Gasteiger partial charge in [-0.05, 0) is 18.9 Å². The Labute approximate surface area is 80.5 Å². The van der Waals surface area contributed by atoms with Gasteiger partial charge in [0, 0.05) is 11.8 Å². The zero-order valence-electron chi connectivity index (χ0n) is 7.33. The number of hydrogen-bond donors (Lipinski definition) is 1. The molecule has 4 heteroatoms. The second-order valence-corrected chi connectivity index (χ2v) is 4.03. The molecule has 1 aliphatic carbocycles. The van der Waals surface area contributed by atoms with Crippen molar-refractivity contribution in [1.82, 2.24) is 4.98 Å². The zero-order valence-corrected chi connectivity index (χ0v) is 8.15. The number of aromatic nitrogens is 1. The minimum Gasteiger partial charge on any atom is -0.302 e. The number of amides is 1. The van der Waals surface area contributed by atoms with Gasteiger partial charge in [0.05, 0.1) is 5.69 Å². The molecule has 0 saturated heterocycles. The van der Waals surface area contributed by atoms with Crippen LogP contribution >= 0.6 is 11.3 Å². The van der Waals surface area contributed by atoms with Crippen molar-refractivity contribution in [1.29, 1.82) is 0 Å². The molecule has 1 amide bonds. The van der Waals surface area contributed by atoms with E-state index >= 15 is 0 Å². The predicted octanol–water partition coefficient (Wildman–Crippen LogP) is 2.06. The summed E-state index contributed by atoms with van der Waals surface area (Å²) in [6, 6.07) is 0. The molecule has 68 valence electrons. The fraction of sp³-hybridized carbons (Fsp3) is 0.333. The Kier molecular flexibility index (Phi) is 2.14. The van der Waals surface area contributed by atoms with Crippen molar-refractivity contribution >= 4 is 28.5 Å². The van der Waals surface area contributed by atoms with Crippen molar-refractivity contribution in [2.45, 2.75) is 19.8 Å². The van der Waals surface area contributed by atoms with E-state index in [2.05, 4.69) is 16.4 Å². The molecule has 13 heavy (non-hydrogen) atoms. The number of fused-ring (bicyclic) bond motifs is 1. The Morgan fingerprint density at radius 1 is 1.69 bits per heavy atom. The molecule has 0 bridgehead atoms. The Morgan fingerprint density at radius 3 is 3.23 bits per heavy atom. The third kappa shape index (κ3) is 1.78. The maximum Gasteiger partial charge on any atom is 0.223 e. The van der Waals surface area contributed by atoms with Gasteiger partial charge in [0.2, 0.25) is 5.91 Å². The standard InChI is InChI=1S/C9H10N2OS/c1-6(12)10-9-11-7-4-2-3-5-8(7)13-9/h2,4H,3,5H2,1H3,(H,10,11,12). The molecule has 0 fully saturated rings. The van der Waals surface area contributed by atoms with Gasteiger partial charge in [-0.15, -0.1) is 11.3 Å². The molecule has 1 aromatic heterocycles. The highest BCUT2D eigenvalue weighted by atomic mass is 32.1. The summed E-state index contributed by atoms with van der Waals surface area (Å²) in [4.78, 5) is 16.3. The van der Waals surface area contributed by atoms with Crippen LogP contribution in [0.25, 0.3) is 6.08 Å². The Hall–Kier alpha value is -1.16. The lowest BCUT2D eigenvalue weighted by molar-refractivity contribution is -0.114. The average molecular weight is 194 g/mol. The Morgan fingerprint density at radius 2 is 2.54 bits per heavy atom. The van der Waals surface area contributed by atoms with Crippen molar-refractivity contribution in [2.24, 2.45) is 0 Å². The van der Waals surface area contributed by atoms with Gasteiger partial charge < -0.3 is 5.32 Å². The lowest BCUT2D eigenvalue weighted by atomic mass is 10.1. The first-order valence-electron chi connectivity index (χ1n) is 4.19. The zero-order chi connectivity index (χ0) is 9.26. The van der Waals surface area contributed by atoms with Crippen LogP contribution in [0.1, 0.15) is 23.9 Å². The van der Waals surface area contributed by atoms with Crippen molar-refractivity contribution < 1.29 is 4.79 Å². The van der Waals surface area contributed by atoms with Gasteiger partial charge in [-0.2, -0.15) is 0 Å². The van der Waals surface area contributed by atoms with E-state index in [4.69, 9.17) is 0 Å². The van der Waals surface area contributed by atoms with E-state index in [0.29, 0.717) is 5.13 Å². The Balaban J connectivity index is 2.26. The topological polar surface area (TPSA) is 42.0 Å². The van der Waals surface area contributed by atoms with Gasteiger partial charge in [-0.25, -0.2) is 4.98 Å². The molecule has 1 N–H and O–H groups in total. The lowest BCUT2D eigenvalue weighted by Crippen LogP contribution is -2.04. The lowest BCUT2D eigenvalue weighted by Gasteiger charge is -1.99. The maximum absolute atomic E-state index is 10.8. The molecule has 3 nitrogen and oxygen atoms in total. The summed E-state index contributed by atoms with van der Waals surface area (Å²) in [7, 11) is 0. The largest absolute Gasteiger partial charge is 0.302 e. The summed E-state index contributed by atoms with van der Waals surface area (Å²) in [5.74, 6) is -0.0601. The monoisotopic (exact) mass is 194 g/mol. The number of nitrogens with one attached hydrogen (secondary N) is 1. The second-order valence-electron chi connectivity index (χ2n) is 2.95. The maximum atomic E-state index is 10.8. The van der Waals surface area contributed by atoms with E-state index in [9.17, 15) is 4.79 Å². The molecule has 0 spiro atoms. The number of carbonyl (C=O) groups excluding carboxylic acids is 1.